The number of para-hydroxylation sites is 1. The molecule has 0 atom stereocenters. The van der Waals surface area contributed by atoms with Gasteiger partial charge in [-0.1, -0.05) is 29.9 Å². The van der Waals surface area contributed by atoms with Crippen LogP contribution >= 0.6 is 23.8 Å². The van der Waals surface area contributed by atoms with Crippen molar-refractivity contribution < 1.29 is 9.18 Å². The predicted octanol–water partition coefficient (Wildman–Crippen LogP) is 2.09. The van der Waals surface area contributed by atoms with Crippen molar-refractivity contribution in [1.82, 2.24) is 0 Å². The molecule has 1 aromatic carbocycles. The van der Waals surface area contributed by atoms with Crippen molar-refractivity contribution in [2.24, 2.45) is 5.73 Å². The fourth-order valence-electron chi connectivity index (χ4n) is 0.959. The molecular weight excluding hydrogens is 239 g/mol. The highest BCUT2D eigenvalue weighted by atomic mass is 35.5. The molecule has 0 aliphatic rings. The molecule has 0 unspecified atom stereocenters. The standard InChI is InChI=1S/C9H8ClFN2OS/c10-5-2-1-3-6(11)9(5)13-8(14)4-7(12)15/h1-3H,4H2,(H2,12,15)(H,13,14). The Kier molecular flexibility index (Phi) is 3.99. The fraction of sp³-hybridized carbons (Fsp3) is 0.111. The van der Waals surface area contributed by atoms with E-state index in [2.05, 4.69) is 17.5 Å². The molecule has 1 amide bonds. The quantitative estimate of drug-likeness (QED) is 0.803. The second-order valence-electron chi connectivity index (χ2n) is 2.79. The summed E-state index contributed by atoms with van der Waals surface area (Å²) in [5.41, 5.74) is 5.11. The Hall–Kier alpha value is -1.20. The second kappa shape index (κ2) is 5.04. The maximum absolute atomic E-state index is 13.2. The van der Waals surface area contributed by atoms with Crippen molar-refractivity contribution in [2.75, 3.05) is 5.32 Å². The molecule has 0 fully saturated rings. The molecule has 80 valence electrons. The Morgan fingerprint density at radius 2 is 2.27 bits per heavy atom. The lowest BCUT2D eigenvalue weighted by Crippen LogP contribution is -2.20. The van der Waals surface area contributed by atoms with Crippen LogP contribution in [0.15, 0.2) is 18.2 Å². The molecule has 0 radical (unpaired) electrons. The van der Waals surface area contributed by atoms with Crippen LogP contribution in [-0.4, -0.2) is 10.9 Å². The van der Waals surface area contributed by atoms with Gasteiger partial charge in [0.05, 0.1) is 22.1 Å². The third-order valence-electron chi connectivity index (χ3n) is 1.56. The molecule has 15 heavy (non-hydrogen) atoms. The van der Waals surface area contributed by atoms with Crippen molar-refractivity contribution in [1.29, 1.82) is 0 Å². The topological polar surface area (TPSA) is 55.1 Å². The van der Waals surface area contributed by atoms with E-state index in [4.69, 9.17) is 17.3 Å². The summed E-state index contributed by atoms with van der Waals surface area (Å²) >= 11 is 10.2. The van der Waals surface area contributed by atoms with Crippen LogP contribution in [-0.2, 0) is 4.79 Å². The van der Waals surface area contributed by atoms with Crippen LogP contribution in [0.4, 0.5) is 10.1 Å². The number of nitrogens with two attached hydrogens (primary N) is 1. The zero-order chi connectivity index (χ0) is 11.4. The highest BCUT2D eigenvalue weighted by Gasteiger charge is 2.10. The number of halogens is 2. The van der Waals surface area contributed by atoms with Crippen LogP contribution in [0.5, 0.6) is 0 Å². The van der Waals surface area contributed by atoms with Crippen LogP contribution < -0.4 is 11.1 Å². The Morgan fingerprint density at radius 3 is 2.80 bits per heavy atom. The predicted molar refractivity (Wildman–Crippen MR) is 61.4 cm³/mol. The van der Waals surface area contributed by atoms with E-state index in [-0.39, 0.29) is 22.1 Å². The second-order valence-corrected chi connectivity index (χ2v) is 3.72. The first-order valence-electron chi connectivity index (χ1n) is 4.03. The number of carbonyl (C=O) groups excluding carboxylic acids is 1. The number of benzene rings is 1. The number of nitrogens with one attached hydrogen (secondary N) is 1. The van der Waals surface area contributed by atoms with Crippen LogP contribution in [0, 0.1) is 5.82 Å². The van der Waals surface area contributed by atoms with E-state index < -0.39 is 11.7 Å². The Labute approximate surface area is 96.4 Å². The average Bonchev–Trinajstić information content (AvgIpc) is 2.10. The number of thiocarbonyl (C=S) groups is 1. The molecule has 0 saturated heterocycles. The van der Waals surface area contributed by atoms with Crippen molar-refractivity contribution >= 4 is 40.4 Å². The van der Waals surface area contributed by atoms with Gasteiger partial charge in [-0.2, -0.15) is 0 Å². The Morgan fingerprint density at radius 1 is 1.60 bits per heavy atom. The summed E-state index contributed by atoms with van der Waals surface area (Å²) in [4.78, 5) is 11.3. The molecule has 6 heteroatoms. The number of anilines is 1. The SMILES string of the molecule is NC(=S)CC(=O)Nc1c(F)cccc1Cl. The average molecular weight is 247 g/mol. The van der Waals surface area contributed by atoms with Gasteiger partial charge in [0.25, 0.3) is 0 Å². The number of hydrogen-bond donors (Lipinski definition) is 2. The number of rotatable bonds is 3. The largest absolute Gasteiger partial charge is 0.393 e. The summed E-state index contributed by atoms with van der Waals surface area (Å²) in [6.07, 6.45) is -0.139. The van der Waals surface area contributed by atoms with Crippen molar-refractivity contribution in [3.8, 4) is 0 Å². The summed E-state index contributed by atoms with van der Waals surface area (Å²) in [5.74, 6) is -1.09. The maximum Gasteiger partial charge on any atom is 0.231 e. The van der Waals surface area contributed by atoms with Crippen LogP contribution in [0.2, 0.25) is 5.02 Å². The molecule has 1 aromatic rings. The molecular formula is C9H8ClFN2OS. The molecule has 0 aliphatic carbocycles. The molecule has 3 N–H and O–H groups in total. The summed E-state index contributed by atoms with van der Waals surface area (Å²) in [6, 6.07) is 4.12. The zero-order valence-corrected chi connectivity index (χ0v) is 9.16. The summed E-state index contributed by atoms with van der Waals surface area (Å²) in [5, 5.41) is 2.43. The van der Waals surface area contributed by atoms with Gasteiger partial charge >= 0.3 is 0 Å². The number of hydrogen-bond acceptors (Lipinski definition) is 2. The third kappa shape index (κ3) is 3.45. The zero-order valence-electron chi connectivity index (χ0n) is 7.59. The lowest BCUT2D eigenvalue weighted by molar-refractivity contribution is -0.115. The first-order valence-corrected chi connectivity index (χ1v) is 4.81. The minimum atomic E-state index is -0.598. The van der Waals surface area contributed by atoms with E-state index in [1.165, 1.54) is 18.2 Å². The highest BCUT2D eigenvalue weighted by Crippen LogP contribution is 2.24. The first-order chi connectivity index (χ1) is 7.00. The molecule has 0 saturated carbocycles. The number of carbonyl (C=O) groups is 1. The molecule has 0 spiro atoms. The lowest BCUT2D eigenvalue weighted by Gasteiger charge is -2.07. The van der Waals surface area contributed by atoms with Gasteiger partial charge < -0.3 is 11.1 Å². The maximum atomic E-state index is 13.2. The van der Waals surface area contributed by atoms with Crippen LogP contribution in [0.1, 0.15) is 6.42 Å². The van der Waals surface area contributed by atoms with Crippen molar-refractivity contribution in [3.63, 3.8) is 0 Å². The molecule has 0 heterocycles. The molecule has 3 nitrogen and oxygen atoms in total. The minimum Gasteiger partial charge on any atom is -0.393 e. The molecule has 0 bridgehead atoms. The van der Waals surface area contributed by atoms with E-state index >= 15 is 0 Å². The highest BCUT2D eigenvalue weighted by molar-refractivity contribution is 7.80. The molecule has 1 rings (SSSR count). The normalized spacial score (nSPS) is 9.73. The summed E-state index contributed by atoms with van der Waals surface area (Å²) in [7, 11) is 0. The fourth-order valence-corrected chi connectivity index (χ4v) is 1.30. The van der Waals surface area contributed by atoms with Crippen molar-refractivity contribution in [3.05, 3.63) is 29.0 Å². The van der Waals surface area contributed by atoms with E-state index in [0.29, 0.717) is 0 Å². The number of amides is 1. The van der Waals surface area contributed by atoms with Gasteiger partial charge in [0, 0.05) is 0 Å². The monoisotopic (exact) mass is 246 g/mol. The summed E-state index contributed by atoms with van der Waals surface area (Å²) < 4.78 is 13.2. The Bertz CT molecular complexity index is 391. The van der Waals surface area contributed by atoms with Gasteiger partial charge in [-0.25, -0.2) is 4.39 Å². The summed E-state index contributed by atoms with van der Waals surface area (Å²) in [6.45, 7) is 0. The van der Waals surface area contributed by atoms with E-state index in [1.807, 2.05) is 0 Å². The van der Waals surface area contributed by atoms with Gasteiger partial charge in [-0.05, 0) is 12.1 Å². The van der Waals surface area contributed by atoms with E-state index in [0.717, 1.165) is 0 Å². The Balaban J connectivity index is 2.80. The smallest absolute Gasteiger partial charge is 0.231 e. The third-order valence-corrected chi connectivity index (χ3v) is 2.02. The van der Waals surface area contributed by atoms with Gasteiger partial charge in [-0.15, -0.1) is 0 Å². The lowest BCUT2D eigenvalue weighted by atomic mass is 10.3. The van der Waals surface area contributed by atoms with Crippen LogP contribution in [0.3, 0.4) is 0 Å². The minimum absolute atomic E-state index is 0.0416. The van der Waals surface area contributed by atoms with Gasteiger partial charge in [0.1, 0.15) is 5.82 Å². The first kappa shape index (κ1) is 11.9. The van der Waals surface area contributed by atoms with Gasteiger partial charge in [-0.3, -0.25) is 4.79 Å². The van der Waals surface area contributed by atoms with Gasteiger partial charge in [0.15, 0.2) is 0 Å². The van der Waals surface area contributed by atoms with Crippen LogP contribution in [0.25, 0.3) is 0 Å². The van der Waals surface area contributed by atoms with Gasteiger partial charge in [0.2, 0.25) is 5.91 Å². The molecule has 0 aromatic heterocycles. The van der Waals surface area contributed by atoms with Crippen molar-refractivity contribution in [2.45, 2.75) is 6.42 Å². The molecule has 0 aliphatic heterocycles. The van der Waals surface area contributed by atoms with E-state index in [1.54, 1.807) is 0 Å². The van der Waals surface area contributed by atoms with E-state index in [9.17, 15) is 9.18 Å².